The van der Waals surface area contributed by atoms with E-state index in [1.807, 2.05) is 17.0 Å². The summed E-state index contributed by atoms with van der Waals surface area (Å²) in [6.07, 6.45) is 7.92. The molecule has 1 aliphatic rings. The van der Waals surface area contributed by atoms with Gasteiger partial charge >= 0.3 is 0 Å². The zero-order valence-corrected chi connectivity index (χ0v) is 14.8. The molecule has 6 heteroatoms. The van der Waals surface area contributed by atoms with Crippen molar-refractivity contribution in [2.45, 2.75) is 31.7 Å². The van der Waals surface area contributed by atoms with E-state index in [1.165, 1.54) is 12.1 Å². The van der Waals surface area contributed by atoms with Crippen molar-refractivity contribution < 1.29 is 13.6 Å². The molecule has 3 aromatic rings. The molecule has 1 aromatic carbocycles. The standard InChI is InChI=1S/C21H20FN3O2/c22-17-5-3-16(4-6-17)19-14-24-20(27-19)7-8-21(26)25-13-1-2-18(25)15-9-11-23-12-10-15/h3-6,9-12,14,18H,1-2,7-8,13H2/t18-/m0/s1. The summed E-state index contributed by atoms with van der Waals surface area (Å²) >= 11 is 0. The molecular weight excluding hydrogens is 345 g/mol. The molecule has 0 unspecified atom stereocenters. The van der Waals surface area contributed by atoms with E-state index in [4.69, 9.17) is 4.42 Å². The Balaban J connectivity index is 1.39. The van der Waals surface area contributed by atoms with Gasteiger partial charge in [0.2, 0.25) is 5.91 Å². The number of aromatic nitrogens is 2. The molecule has 0 spiro atoms. The fourth-order valence-corrected chi connectivity index (χ4v) is 3.53. The van der Waals surface area contributed by atoms with Gasteiger partial charge in [-0.15, -0.1) is 0 Å². The van der Waals surface area contributed by atoms with Gasteiger partial charge in [-0.3, -0.25) is 9.78 Å². The van der Waals surface area contributed by atoms with Gasteiger partial charge in [0.15, 0.2) is 11.7 Å². The fourth-order valence-electron chi connectivity index (χ4n) is 3.53. The summed E-state index contributed by atoms with van der Waals surface area (Å²) in [7, 11) is 0. The summed E-state index contributed by atoms with van der Waals surface area (Å²) in [5, 5.41) is 0. The Morgan fingerprint density at radius 3 is 2.74 bits per heavy atom. The van der Waals surface area contributed by atoms with E-state index < -0.39 is 0 Å². The number of nitrogens with zero attached hydrogens (tertiary/aromatic N) is 3. The summed E-state index contributed by atoms with van der Waals surface area (Å²) in [4.78, 5) is 23.0. The van der Waals surface area contributed by atoms with Gasteiger partial charge in [-0.1, -0.05) is 0 Å². The van der Waals surface area contributed by atoms with E-state index in [9.17, 15) is 9.18 Å². The van der Waals surface area contributed by atoms with Gasteiger partial charge in [0.25, 0.3) is 0 Å². The van der Waals surface area contributed by atoms with Crippen molar-refractivity contribution in [3.63, 3.8) is 0 Å². The van der Waals surface area contributed by atoms with Crippen LogP contribution < -0.4 is 0 Å². The van der Waals surface area contributed by atoms with Crippen molar-refractivity contribution in [2.24, 2.45) is 0 Å². The lowest BCUT2D eigenvalue weighted by molar-refractivity contribution is -0.132. The minimum atomic E-state index is -0.293. The molecule has 1 fully saturated rings. The van der Waals surface area contributed by atoms with Crippen LogP contribution in [-0.2, 0) is 11.2 Å². The Labute approximate surface area is 156 Å². The summed E-state index contributed by atoms with van der Waals surface area (Å²) in [5.41, 5.74) is 1.89. The predicted molar refractivity (Wildman–Crippen MR) is 98.1 cm³/mol. The Hall–Kier alpha value is -3.02. The maximum absolute atomic E-state index is 13.0. The summed E-state index contributed by atoms with van der Waals surface area (Å²) in [6, 6.07) is 10.1. The quantitative estimate of drug-likeness (QED) is 0.681. The van der Waals surface area contributed by atoms with E-state index >= 15 is 0 Å². The molecule has 0 radical (unpaired) electrons. The number of benzene rings is 1. The van der Waals surface area contributed by atoms with Crippen LogP contribution in [0.3, 0.4) is 0 Å². The molecule has 0 bridgehead atoms. The van der Waals surface area contributed by atoms with Crippen molar-refractivity contribution in [3.05, 3.63) is 72.3 Å². The highest BCUT2D eigenvalue weighted by molar-refractivity contribution is 5.77. The third-order valence-corrected chi connectivity index (χ3v) is 4.90. The number of carbonyl (C=O) groups is 1. The summed E-state index contributed by atoms with van der Waals surface area (Å²) in [6.45, 7) is 0.776. The lowest BCUT2D eigenvalue weighted by atomic mass is 10.1. The highest BCUT2D eigenvalue weighted by atomic mass is 19.1. The van der Waals surface area contributed by atoms with Crippen molar-refractivity contribution in [2.75, 3.05) is 6.54 Å². The smallest absolute Gasteiger partial charge is 0.223 e. The lowest BCUT2D eigenvalue weighted by Crippen LogP contribution is -2.30. The molecular formula is C21H20FN3O2. The van der Waals surface area contributed by atoms with Crippen LogP contribution in [0.1, 0.15) is 36.8 Å². The van der Waals surface area contributed by atoms with Crippen LogP contribution in [0, 0.1) is 5.82 Å². The van der Waals surface area contributed by atoms with Crippen LogP contribution in [0.15, 0.2) is 59.4 Å². The third-order valence-electron chi connectivity index (χ3n) is 4.90. The zero-order valence-electron chi connectivity index (χ0n) is 14.8. The molecule has 1 atom stereocenters. The first-order valence-corrected chi connectivity index (χ1v) is 9.11. The van der Waals surface area contributed by atoms with E-state index in [0.717, 1.165) is 30.5 Å². The number of amides is 1. The average molecular weight is 365 g/mol. The largest absolute Gasteiger partial charge is 0.441 e. The number of pyridine rings is 1. The van der Waals surface area contributed by atoms with Crippen LogP contribution in [-0.4, -0.2) is 27.3 Å². The average Bonchev–Trinajstić information content (AvgIpc) is 3.37. The maximum atomic E-state index is 13.0. The van der Waals surface area contributed by atoms with Crippen LogP contribution >= 0.6 is 0 Å². The van der Waals surface area contributed by atoms with E-state index in [-0.39, 0.29) is 17.8 Å². The molecule has 138 valence electrons. The highest BCUT2D eigenvalue weighted by Crippen LogP contribution is 2.32. The molecule has 0 N–H and O–H groups in total. The van der Waals surface area contributed by atoms with Crippen molar-refractivity contribution in [3.8, 4) is 11.3 Å². The Morgan fingerprint density at radius 2 is 1.96 bits per heavy atom. The third kappa shape index (κ3) is 3.89. The van der Waals surface area contributed by atoms with E-state index in [0.29, 0.717) is 24.5 Å². The van der Waals surface area contributed by atoms with Gasteiger partial charge in [-0.05, 0) is 54.8 Å². The Kier molecular flexibility index (Phi) is 4.96. The van der Waals surface area contributed by atoms with Crippen molar-refractivity contribution >= 4 is 5.91 Å². The van der Waals surface area contributed by atoms with Gasteiger partial charge < -0.3 is 9.32 Å². The summed E-state index contributed by atoms with van der Waals surface area (Å²) < 4.78 is 18.7. The second kappa shape index (κ2) is 7.70. The molecule has 1 aliphatic heterocycles. The van der Waals surface area contributed by atoms with Crippen molar-refractivity contribution in [1.29, 1.82) is 0 Å². The normalized spacial score (nSPS) is 16.6. The molecule has 27 heavy (non-hydrogen) atoms. The zero-order chi connectivity index (χ0) is 18.6. The van der Waals surface area contributed by atoms with Gasteiger partial charge in [0.05, 0.1) is 12.2 Å². The molecule has 0 saturated carbocycles. The van der Waals surface area contributed by atoms with E-state index in [2.05, 4.69) is 9.97 Å². The number of oxazole rings is 1. The van der Waals surface area contributed by atoms with Gasteiger partial charge in [-0.2, -0.15) is 0 Å². The topological polar surface area (TPSA) is 59.2 Å². The Bertz CT molecular complexity index is 909. The lowest BCUT2D eigenvalue weighted by Gasteiger charge is -2.24. The SMILES string of the molecule is O=C(CCc1ncc(-c2ccc(F)cc2)o1)N1CCC[C@H]1c1ccncc1. The Morgan fingerprint density at radius 1 is 1.19 bits per heavy atom. The molecule has 4 rings (SSSR count). The van der Waals surface area contributed by atoms with Crippen LogP contribution in [0.2, 0.25) is 0 Å². The molecule has 0 aliphatic carbocycles. The molecule has 1 amide bonds. The minimum absolute atomic E-state index is 0.107. The van der Waals surface area contributed by atoms with Gasteiger partial charge in [0, 0.05) is 37.3 Å². The number of hydrogen-bond acceptors (Lipinski definition) is 4. The van der Waals surface area contributed by atoms with E-state index in [1.54, 1.807) is 30.7 Å². The number of likely N-dealkylation sites (tertiary alicyclic amines) is 1. The second-order valence-electron chi connectivity index (χ2n) is 6.65. The summed E-state index contributed by atoms with van der Waals surface area (Å²) in [5.74, 6) is 0.907. The number of carbonyl (C=O) groups excluding carboxylic acids is 1. The number of halogens is 1. The number of rotatable bonds is 5. The van der Waals surface area contributed by atoms with Crippen LogP contribution in [0.4, 0.5) is 4.39 Å². The first-order valence-electron chi connectivity index (χ1n) is 9.11. The van der Waals surface area contributed by atoms with Gasteiger partial charge in [0.1, 0.15) is 5.82 Å². The first kappa shape index (κ1) is 17.4. The monoisotopic (exact) mass is 365 g/mol. The van der Waals surface area contributed by atoms with Crippen LogP contribution in [0.25, 0.3) is 11.3 Å². The fraction of sp³-hybridized carbons (Fsp3) is 0.286. The van der Waals surface area contributed by atoms with Gasteiger partial charge in [-0.25, -0.2) is 9.37 Å². The highest BCUT2D eigenvalue weighted by Gasteiger charge is 2.29. The maximum Gasteiger partial charge on any atom is 0.223 e. The molecule has 5 nitrogen and oxygen atoms in total. The molecule has 2 aromatic heterocycles. The second-order valence-corrected chi connectivity index (χ2v) is 6.65. The van der Waals surface area contributed by atoms with Crippen molar-refractivity contribution in [1.82, 2.24) is 14.9 Å². The minimum Gasteiger partial charge on any atom is -0.441 e. The predicted octanol–water partition coefficient (Wildman–Crippen LogP) is 4.17. The molecule has 3 heterocycles. The molecule has 1 saturated heterocycles. The number of aryl methyl sites for hydroxylation is 1. The number of hydrogen-bond donors (Lipinski definition) is 0. The first-order chi connectivity index (χ1) is 13.2. The van der Waals surface area contributed by atoms with Crippen LogP contribution in [0.5, 0.6) is 0 Å².